The fourth-order valence-corrected chi connectivity index (χ4v) is 3.95. The average Bonchev–Trinajstić information content (AvgIpc) is 3.23. The van der Waals surface area contributed by atoms with E-state index in [1.54, 1.807) is 48.8 Å². The van der Waals surface area contributed by atoms with Gasteiger partial charge in [-0.15, -0.1) is 6.42 Å². The molecule has 1 saturated carbocycles. The van der Waals surface area contributed by atoms with Gasteiger partial charge in [-0.2, -0.15) is 11.3 Å². The lowest BCUT2D eigenvalue weighted by Gasteiger charge is -2.35. The van der Waals surface area contributed by atoms with Crippen molar-refractivity contribution < 1.29 is 9.53 Å². The molecule has 0 spiro atoms. The lowest BCUT2D eigenvalue weighted by atomic mass is 9.82. The molecule has 3 nitrogen and oxygen atoms in total. The molecule has 26 heavy (non-hydrogen) atoms. The Labute approximate surface area is 159 Å². The highest BCUT2D eigenvalue weighted by molar-refractivity contribution is 7.08. The molecule has 1 aromatic carbocycles. The van der Waals surface area contributed by atoms with Gasteiger partial charge in [-0.3, -0.25) is 4.79 Å². The average molecular weight is 365 g/mol. The number of terminal acetylenes is 1. The van der Waals surface area contributed by atoms with E-state index in [-0.39, 0.29) is 11.3 Å². The van der Waals surface area contributed by atoms with Crippen LogP contribution in [-0.2, 0) is 0 Å². The molecule has 0 radical (unpaired) electrons. The number of nitrogens with one attached hydrogen (secondary N) is 1. The highest BCUT2D eigenvalue weighted by Crippen LogP contribution is 2.31. The molecule has 1 aromatic heterocycles. The highest BCUT2D eigenvalue weighted by atomic mass is 32.1. The van der Waals surface area contributed by atoms with Gasteiger partial charge in [-0.25, -0.2) is 0 Å². The first-order chi connectivity index (χ1) is 12.7. The van der Waals surface area contributed by atoms with Crippen molar-refractivity contribution in [1.29, 1.82) is 0 Å². The second-order valence-corrected chi connectivity index (χ2v) is 7.35. The van der Waals surface area contributed by atoms with Crippen LogP contribution in [0.1, 0.15) is 48.0 Å². The minimum atomic E-state index is -0.369. The third kappa shape index (κ3) is 4.17. The maximum Gasteiger partial charge on any atom is 0.187 e. The van der Waals surface area contributed by atoms with Crippen LogP contribution >= 0.6 is 11.3 Å². The molecule has 3 rings (SSSR count). The van der Waals surface area contributed by atoms with Crippen LogP contribution in [0.4, 0.5) is 0 Å². The number of ketones is 1. The van der Waals surface area contributed by atoms with E-state index in [4.69, 9.17) is 11.2 Å². The van der Waals surface area contributed by atoms with Crippen LogP contribution in [0.25, 0.3) is 5.70 Å². The molecule has 1 fully saturated rings. The first-order valence-electron chi connectivity index (χ1n) is 8.84. The first kappa shape index (κ1) is 18.3. The van der Waals surface area contributed by atoms with Crippen LogP contribution in [0.5, 0.6) is 5.75 Å². The summed E-state index contributed by atoms with van der Waals surface area (Å²) in [6, 6.07) is 9.16. The zero-order valence-electron chi connectivity index (χ0n) is 15.0. The summed E-state index contributed by atoms with van der Waals surface area (Å²) in [4.78, 5) is 12.8. The molecule has 134 valence electrons. The Kier molecular flexibility index (Phi) is 5.80. The normalized spacial score (nSPS) is 16.5. The van der Waals surface area contributed by atoms with E-state index in [1.807, 2.05) is 16.8 Å². The standard InChI is InChI=1S/C22H23NO2S/c1-3-22(12-5-4-6-13-22)23-20(18-11-14-26-16-18)15-21(24)17-7-9-19(25-2)10-8-17/h1,7-11,14-16,23H,4-6,12-13H2,2H3/b20-15-. The van der Waals surface area contributed by atoms with E-state index in [9.17, 15) is 4.79 Å². The zero-order chi connectivity index (χ0) is 18.4. The summed E-state index contributed by atoms with van der Waals surface area (Å²) in [7, 11) is 1.61. The van der Waals surface area contributed by atoms with Crippen molar-refractivity contribution in [3.63, 3.8) is 0 Å². The number of carbonyl (C=O) groups is 1. The fraction of sp³-hybridized carbons (Fsp3) is 0.318. The predicted molar refractivity (Wildman–Crippen MR) is 107 cm³/mol. The third-order valence-corrected chi connectivity index (χ3v) is 5.52. The van der Waals surface area contributed by atoms with Gasteiger partial charge < -0.3 is 10.1 Å². The third-order valence-electron chi connectivity index (χ3n) is 4.84. The summed E-state index contributed by atoms with van der Waals surface area (Å²) in [5.74, 6) is 3.64. The molecule has 0 saturated heterocycles. The van der Waals surface area contributed by atoms with Crippen LogP contribution in [0.15, 0.2) is 47.2 Å². The number of allylic oxidation sites excluding steroid dienone is 1. The van der Waals surface area contributed by atoms with Crippen molar-refractivity contribution in [1.82, 2.24) is 5.32 Å². The van der Waals surface area contributed by atoms with E-state index in [2.05, 4.69) is 11.2 Å². The van der Waals surface area contributed by atoms with Crippen molar-refractivity contribution in [2.24, 2.45) is 0 Å². The van der Waals surface area contributed by atoms with Crippen molar-refractivity contribution in [2.75, 3.05) is 7.11 Å². The Morgan fingerprint density at radius 1 is 1.19 bits per heavy atom. The number of rotatable bonds is 6. The van der Waals surface area contributed by atoms with E-state index in [0.717, 1.165) is 42.7 Å². The second-order valence-electron chi connectivity index (χ2n) is 6.57. The Morgan fingerprint density at radius 3 is 2.50 bits per heavy atom. The van der Waals surface area contributed by atoms with Crippen molar-refractivity contribution in [2.45, 2.75) is 37.6 Å². The summed E-state index contributed by atoms with van der Waals surface area (Å²) >= 11 is 1.60. The van der Waals surface area contributed by atoms with Crippen LogP contribution in [0.2, 0.25) is 0 Å². The van der Waals surface area contributed by atoms with E-state index in [0.29, 0.717) is 5.56 Å². The highest BCUT2D eigenvalue weighted by Gasteiger charge is 2.30. The minimum Gasteiger partial charge on any atom is -0.497 e. The van der Waals surface area contributed by atoms with E-state index >= 15 is 0 Å². The zero-order valence-corrected chi connectivity index (χ0v) is 15.8. The molecule has 4 heteroatoms. The molecule has 0 aliphatic heterocycles. The van der Waals surface area contributed by atoms with Crippen molar-refractivity contribution >= 4 is 22.8 Å². The lowest BCUT2D eigenvalue weighted by Crippen LogP contribution is -2.44. The molecule has 1 heterocycles. The number of benzene rings is 1. The van der Waals surface area contributed by atoms with Gasteiger partial charge in [0.25, 0.3) is 0 Å². The number of hydrogen-bond acceptors (Lipinski definition) is 4. The molecule has 0 amide bonds. The van der Waals surface area contributed by atoms with Gasteiger partial charge >= 0.3 is 0 Å². The molecule has 1 aliphatic carbocycles. The number of methoxy groups -OCH3 is 1. The first-order valence-corrected chi connectivity index (χ1v) is 9.79. The van der Waals surface area contributed by atoms with Crippen LogP contribution in [-0.4, -0.2) is 18.4 Å². The molecular formula is C22H23NO2S. The fourth-order valence-electron chi connectivity index (χ4n) is 3.30. The number of thiophene rings is 1. The largest absolute Gasteiger partial charge is 0.497 e. The topological polar surface area (TPSA) is 38.3 Å². The Morgan fingerprint density at radius 2 is 1.92 bits per heavy atom. The second kappa shape index (κ2) is 8.25. The Hall–Kier alpha value is -2.51. The van der Waals surface area contributed by atoms with Crippen LogP contribution < -0.4 is 10.1 Å². The molecule has 0 bridgehead atoms. The molecule has 1 N–H and O–H groups in total. The van der Waals surface area contributed by atoms with Gasteiger partial charge in [0.2, 0.25) is 0 Å². The van der Waals surface area contributed by atoms with Crippen molar-refractivity contribution in [3.8, 4) is 18.1 Å². The lowest BCUT2D eigenvalue weighted by molar-refractivity contribution is 0.104. The van der Waals surface area contributed by atoms with E-state index < -0.39 is 0 Å². The molecular weight excluding hydrogens is 342 g/mol. The summed E-state index contributed by atoms with van der Waals surface area (Å²) in [6.07, 6.45) is 12.8. The van der Waals surface area contributed by atoms with Gasteiger partial charge in [0.15, 0.2) is 5.78 Å². The van der Waals surface area contributed by atoms with Gasteiger partial charge in [-0.1, -0.05) is 25.2 Å². The molecule has 2 aromatic rings. The summed E-state index contributed by atoms with van der Waals surface area (Å²) in [5.41, 5.74) is 2.05. The molecule has 0 unspecified atom stereocenters. The van der Waals surface area contributed by atoms with Gasteiger partial charge in [0.1, 0.15) is 5.75 Å². The van der Waals surface area contributed by atoms with Gasteiger partial charge in [-0.05, 0) is 48.6 Å². The smallest absolute Gasteiger partial charge is 0.187 e. The maximum absolute atomic E-state index is 12.8. The Bertz CT molecular complexity index is 807. The quantitative estimate of drug-likeness (QED) is 0.449. The number of ether oxygens (including phenoxy) is 1. The van der Waals surface area contributed by atoms with Gasteiger partial charge in [0.05, 0.1) is 12.6 Å². The van der Waals surface area contributed by atoms with Crippen LogP contribution in [0.3, 0.4) is 0 Å². The monoisotopic (exact) mass is 365 g/mol. The Balaban J connectivity index is 1.89. The summed E-state index contributed by atoms with van der Waals surface area (Å²) in [6.45, 7) is 0. The van der Waals surface area contributed by atoms with Crippen LogP contribution in [0, 0.1) is 12.3 Å². The number of carbonyl (C=O) groups excluding carboxylic acids is 1. The SMILES string of the molecule is C#CC1(N/C(=C\C(=O)c2ccc(OC)cc2)c2ccsc2)CCCCC1. The molecule has 1 aliphatic rings. The van der Waals surface area contributed by atoms with E-state index in [1.165, 1.54) is 6.42 Å². The maximum atomic E-state index is 12.8. The minimum absolute atomic E-state index is 0.0515. The molecule has 0 atom stereocenters. The number of hydrogen-bond donors (Lipinski definition) is 1. The van der Waals surface area contributed by atoms with Crippen molar-refractivity contribution in [3.05, 3.63) is 58.3 Å². The summed E-state index contributed by atoms with van der Waals surface area (Å²) in [5, 5.41) is 7.57. The van der Waals surface area contributed by atoms with Gasteiger partial charge in [0, 0.05) is 28.3 Å². The summed E-state index contributed by atoms with van der Waals surface area (Å²) < 4.78 is 5.16. The predicted octanol–water partition coefficient (Wildman–Crippen LogP) is 4.91.